The molecule has 2 aromatic heterocycles. The molecule has 3 rings (SSSR count). The lowest BCUT2D eigenvalue weighted by atomic mass is 9.99. The number of ether oxygens (including phenoxy) is 1. The van der Waals surface area contributed by atoms with Crippen LogP contribution >= 0.6 is 27.3 Å². The van der Waals surface area contributed by atoms with Crippen molar-refractivity contribution in [3.05, 3.63) is 44.9 Å². The van der Waals surface area contributed by atoms with Crippen molar-refractivity contribution >= 4 is 51.0 Å². The Labute approximate surface area is 184 Å². The van der Waals surface area contributed by atoms with Crippen LogP contribution in [0.15, 0.2) is 39.9 Å². The van der Waals surface area contributed by atoms with Gasteiger partial charge in [0.25, 0.3) is 11.8 Å². The average Bonchev–Trinajstić information content (AvgIpc) is 3.06. The van der Waals surface area contributed by atoms with E-state index >= 15 is 0 Å². The Morgan fingerprint density at radius 2 is 2.10 bits per heavy atom. The van der Waals surface area contributed by atoms with Crippen molar-refractivity contribution in [2.45, 2.75) is 38.8 Å². The molecule has 0 bridgehead atoms. The molecule has 2 aromatic rings. The summed E-state index contributed by atoms with van der Waals surface area (Å²) in [6.07, 6.45) is 2.93. The molecule has 0 saturated carbocycles. The van der Waals surface area contributed by atoms with Gasteiger partial charge in [0.15, 0.2) is 5.82 Å². The molecule has 0 aliphatic carbocycles. The lowest BCUT2D eigenvalue weighted by Gasteiger charge is -2.34. The van der Waals surface area contributed by atoms with Crippen molar-refractivity contribution in [3.8, 4) is 0 Å². The zero-order valence-corrected chi connectivity index (χ0v) is 18.7. The van der Waals surface area contributed by atoms with Gasteiger partial charge in [0.05, 0.1) is 6.20 Å². The molecule has 0 spiro atoms. The SMILES string of the molecule is CC(C)(C)OC(=O)N1C(=O)C(C(=O)Nc2cnccn2)=C(O)CC1c1nc(Br)cs1. The van der Waals surface area contributed by atoms with Crippen LogP contribution in [0.5, 0.6) is 0 Å². The molecule has 3 amide bonds. The fourth-order valence-corrected chi connectivity index (χ4v) is 4.03. The number of thiazole rings is 1. The fourth-order valence-electron chi connectivity index (χ4n) is 2.67. The second kappa shape index (κ2) is 8.48. The molecule has 3 heterocycles. The fraction of sp³-hybridized carbons (Fsp3) is 0.333. The van der Waals surface area contributed by atoms with E-state index in [0.717, 1.165) is 4.90 Å². The van der Waals surface area contributed by atoms with Crippen LogP contribution in [0, 0.1) is 0 Å². The summed E-state index contributed by atoms with van der Waals surface area (Å²) in [4.78, 5) is 51.5. The molecule has 1 aliphatic rings. The van der Waals surface area contributed by atoms with Crippen LogP contribution in [0.25, 0.3) is 0 Å². The molecule has 0 aromatic carbocycles. The summed E-state index contributed by atoms with van der Waals surface area (Å²) in [6.45, 7) is 4.97. The van der Waals surface area contributed by atoms with Gasteiger partial charge in [-0.3, -0.25) is 14.6 Å². The van der Waals surface area contributed by atoms with E-state index in [1.807, 2.05) is 0 Å². The first kappa shape index (κ1) is 21.8. The maximum absolute atomic E-state index is 13.2. The van der Waals surface area contributed by atoms with Gasteiger partial charge in [0.2, 0.25) is 0 Å². The highest BCUT2D eigenvalue weighted by Gasteiger charge is 2.45. The molecular formula is C18H18BrN5O5S. The first-order valence-corrected chi connectivity index (χ1v) is 10.4. The van der Waals surface area contributed by atoms with Crippen LogP contribution in [-0.4, -0.2) is 48.5 Å². The normalized spacial score (nSPS) is 17.1. The highest BCUT2D eigenvalue weighted by Crippen LogP contribution is 2.37. The van der Waals surface area contributed by atoms with Crippen LogP contribution in [0.4, 0.5) is 10.6 Å². The molecule has 10 nitrogen and oxygen atoms in total. The minimum Gasteiger partial charge on any atom is -0.511 e. The number of hydrogen-bond acceptors (Lipinski definition) is 9. The van der Waals surface area contributed by atoms with Crippen LogP contribution in [0.2, 0.25) is 0 Å². The smallest absolute Gasteiger partial charge is 0.418 e. The first-order chi connectivity index (χ1) is 14.1. The molecule has 2 N–H and O–H groups in total. The number of anilines is 1. The van der Waals surface area contributed by atoms with Crippen LogP contribution in [0.1, 0.15) is 38.2 Å². The summed E-state index contributed by atoms with van der Waals surface area (Å²) in [6, 6.07) is -0.920. The van der Waals surface area contributed by atoms with Crippen molar-refractivity contribution < 1.29 is 24.2 Å². The summed E-state index contributed by atoms with van der Waals surface area (Å²) in [5, 5.41) is 15.0. The third kappa shape index (κ3) is 4.82. The second-order valence-electron chi connectivity index (χ2n) is 7.25. The number of carbonyl (C=O) groups excluding carboxylic acids is 3. The number of rotatable bonds is 3. The quantitative estimate of drug-likeness (QED) is 0.618. The number of amides is 3. The van der Waals surface area contributed by atoms with Crippen molar-refractivity contribution in [3.63, 3.8) is 0 Å². The van der Waals surface area contributed by atoms with E-state index in [4.69, 9.17) is 4.74 Å². The van der Waals surface area contributed by atoms with Gasteiger partial charge in [0, 0.05) is 24.2 Å². The molecule has 158 valence electrons. The number of nitrogens with zero attached hydrogens (tertiary/aromatic N) is 4. The van der Waals surface area contributed by atoms with Gasteiger partial charge in [-0.1, -0.05) is 0 Å². The Morgan fingerprint density at radius 1 is 1.37 bits per heavy atom. The second-order valence-corrected chi connectivity index (χ2v) is 8.95. The molecule has 1 atom stereocenters. The van der Waals surface area contributed by atoms with Crippen LogP contribution in [0.3, 0.4) is 0 Å². The Morgan fingerprint density at radius 3 is 2.67 bits per heavy atom. The summed E-state index contributed by atoms with van der Waals surface area (Å²) >= 11 is 4.43. The molecule has 0 fully saturated rings. The number of nitrogens with one attached hydrogen (secondary N) is 1. The largest absolute Gasteiger partial charge is 0.511 e. The monoisotopic (exact) mass is 495 g/mol. The van der Waals surface area contributed by atoms with E-state index in [1.165, 1.54) is 29.9 Å². The van der Waals surface area contributed by atoms with Gasteiger partial charge >= 0.3 is 6.09 Å². The molecule has 0 radical (unpaired) electrons. The minimum atomic E-state index is -0.995. The Bertz CT molecular complexity index is 1020. The van der Waals surface area contributed by atoms with E-state index in [-0.39, 0.29) is 12.2 Å². The predicted molar refractivity (Wildman–Crippen MR) is 111 cm³/mol. The Hall–Kier alpha value is -2.86. The third-order valence-corrected chi connectivity index (χ3v) is 5.48. The number of halogens is 1. The average molecular weight is 496 g/mol. The lowest BCUT2D eigenvalue weighted by molar-refractivity contribution is -0.132. The highest BCUT2D eigenvalue weighted by molar-refractivity contribution is 9.10. The van der Waals surface area contributed by atoms with E-state index in [0.29, 0.717) is 9.61 Å². The predicted octanol–water partition coefficient (Wildman–Crippen LogP) is 3.35. The molecule has 30 heavy (non-hydrogen) atoms. The van der Waals surface area contributed by atoms with Gasteiger partial charge in [-0.2, -0.15) is 0 Å². The number of aromatic nitrogens is 3. The van der Waals surface area contributed by atoms with Crippen molar-refractivity contribution in [1.82, 2.24) is 19.9 Å². The van der Waals surface area contributed by atoms with E-state index in [2.05, 4.69) is 36.2 Å². The van der Waals surface area contributed by atoms with Gasteiger partial charge in [-0.25, -0.2) is 19.7 Å². The zero-order chi connectivity index (χ0) is 22.1. The maximum atomic E-state index is 13.2. The first-order valence-electron chi connectivity index (χ1n) is 8.74. The van der Waals surface area contributed by atoms with Gasteiger partial charge in [-0.05, 0) is 36.7 Å². The number of aliphatic hydroxyl groups is 1. The number of carbonyl (C=O) groups is 3. The van der Waals surface area contributed by atoms with Crippen LogP contribution < -0.4 is 5.32 Å². The zero-order valence-electron chi connectivity index (χ0n) is 16.2. The molecule has 1 unspecified atom stereocenters. The standard InChI is InChI=1S/C18H18BrN5O5S/c1-18(2,3)29-17(28)24-9(15-22-11(19)8-30-15)6-10(25)13(16(24)27)14(26)23-12-7-20-4-5-21-12/h4-5,7-9,25H,6H2,1-3H3,(H,21,23,26). The van der Waals surface area contributed by atoms with Gasteiger partial charge < -0.3 is 15.2 Å². The van der Waals surface area contributed by atoms with E-state index < -0.39 is 40.9 Å². The third-order valence-electron chi connectivity index (χ3n) is 3.82. The highest BCUT2D eigenvalue weighted by atomic mass is 79.9. The van der Waals surface area contributed by atoms with E-state index in [1.54, 1.807) is 26.2 Å². The number of hydrogen-bond donors (Lipinski definition) is 2. The Balaban J connectivity index is 1.98. The molecule has 0 saturated heterocycles. The van der Waals surface area contributed by atoms with Crippen molar-refractivity contribution in [1.29, 1.82) is 0 Å². The maximum Gasteiger partial charge on any atom is 0.418 e. The van der Waals surface area contributed by atoms with E-state index in [9.17, 15) is 19.5 Å². The van der Waals surface area contributed by atoms with Gasteiger partial charge in [-0.15, -0.1) is 11.3 Å². The molecule has 1 aliphatic heterocycles. The molecule has 12 heteroatoms. The summed E-state index contributed by atoms with van der Waals surface area (Å²) in [5.74, 6) is -2.28. The van der Waals surface area contributed by atoms with Gasteiger partial charge in [0.1, 0.15) is 32.6 Å². The summed E-state index contributed by atoms with van der Waals surface area (Å²) < 4.78 is 5.88. The van der Waals surface area contributed by atoms with Crippen LogP contribution in [-0.2, 0) is 14.3 Å². The lowest BCUT2D eigenvalue weighted by Crippen LogP contribution is -2.48. The summed E-state index contributed by atoms with van der Waals surface area (Å²) in [7, 11) is 0. The number of imide groups is 1. The topological polar surface area (TPSA) is 135 Å². The number of aliphatic hydroxyl groups excluding tert-OH is 1. The summed E-state index contributed by atoms with van der Waals surface area (Å²) in [5.41, 5.74) is -1.45. The Kier molecular flexibility index (Phi) is 6.17. The minimum absolute atomic E-state index is 0.0883. The van der Waals surface area contributed by atoms with Crippen molar-refractivity contribution in [2.24, 2.45) is 0 Å². The van der Waals surface area contributed by atoms with Crippen molar-refractivity contribution in [2.75, 3.05) is 5.32 Å². The molecular weight excluding hydrogens is 478 g/mol.